The number of hydrogen-bond donors (Lipinski definition) is 1. The van der Waals surface area contributed by atoms with Gasteiger partial charge >= 0.3 is 0 Å². The molecule has 0 saturated heterocycles. The van der Waals surface area contributed by atoms with Gasteiger partial charge in [0.2, 0.25) is 10.0 Å². The number of rotatable bonds is 4. The van der Waals surface area contributed by atoms with Crippen molar-refractivity contribution in [3.05, 3.63) is 23.8 Å². The molecule has 1 N–H and O–H groups in total. The first-order valence-corrected chi connectivity index (χ1v) is 7.41. The minimum Gasteiger partial charge on any atom is -0.492 e. The highest BCUT2D eigenvalue weighted by molar-refractivity contribution is 7.89. The SMILES string of the molecule is CCOc1ccc(C)cc1S(=O)(=O)NC(C)(C)C. The van der Waals surface area contributed by atoms with E-state index < -0.39 is 15.6 Å². The maximum atomic E-state index is 12.3. The van der Waals surface area contributed by atoms with Gasteiger partial charge in [0.05, 0.1) is 6.61 Å². The summed E-state index contributed by atoms with van der Waals surface area (Å²) in [5.74, 6) is 0.389. The van der Waals surface area contributed by atoms with E-state index >= 15 is 0 Å². The number of nitrogens with one attached hydrogen (secondary N) is 1. The Kier molecular flexibility index (Phi) is 4.40. The Morgan fingerprint density at radius 1 is 1.28 bits per heavy atom. The van der Waals surface area contributed by atoms with Gasteiger partial charge < -0.3 is 4.74 Å². The third-order valence-electron chi connectivity index (χ3n) is 2.13. The molecule has 1 aromatic rings. The van der Waals surface area contributed by atoms with Crippen LogP contribution < -0.4 is 9.46 Å². The Hall–Kier alpha value is -1.07. The molecule has 0 heterocycles. The minimum atomic E-state index is -3.57. The molecule has 0 amide bonds. The molecule has 0 unspecified atom stereocenters. The van der Waals surface area contributed by atoms with Crippen LogP contribution in [-0.2, 0) is 10.0 Å². The van der Waals surface area contributed by atoms with Gasteiger partial charge in [0, 0.05) is 5.54 Å². The van der Waals surface area contributed by atoms with Gasteiger partial charge in [0.15, 0.2) is 0 Å². The van der Waals surface area contributed by atoms with Crippen molar-refractivity contribution in [2.45, 2.75) is 45.1 Å². The Labute approximate surface area is 109 Å². The molecule has 4 nitrogen and oxygen atoms in total. The summed E-state index contributed by atoms with van der Waals surface area (Å²) in [5.41, 5.74) is 0.360. The van der Waals surface area contributed by atoms with Crippen LogP contribution in [0.1, 0.15) is 33.3 Å². The molecule has 0 bridgehead atoms. The van der Waals surface area contributed by atoms with Crippen molar-refractivity contribution in [1.29, 1.82) is 0 Å². The molecule has 0 aliphatic heterocycles. The first kappa shape index (κ1) is 15.0. The molecule has 0 fully saturated rings. The van der Waals surface area contributed by atoms with E-state index in [0.29, 0.717) is 12.4 Å². The van der Waals surface area contributed by atoms with Crippen LogP contribution in [0.2, 0.25) is 0 Å². The zero-order valence-corrected chi connectivity index (χ0v) is 12.4. The van der Waals surface area contributed by atoms with Crippen molar-refractivity contribution in [3.8, 4) is 5.75 Å². The van der Waals surface area contributed by atoms with Gasteiger partial charge in [0.1, 0.15) is 10.6 Å². The summed E-state index contributed by atoms with van der Waals surface area (Å²) in [4.78, 5) is 0.194. The van der Waals surface area contributed by atoms with Gasteiger partial charge in [-0.15, -0.1) is 0 Å². The van der Waals surface area contributed by atoms with E-state index in [4.69, 9.17) is 4.74 Å². The van der Waals surface area contributed by atoms with Gasteiger partial charge in [-0.05, 0) is 52.3 Å². The van der Waals surface area contributed by atoms with Crippen LogP contribution in [0.4, 0.5) is 0 Å². The third-order valence-corrected chi connectivity index (χ3v) is 3.91. The molecule has 0 aromatic heterocycles. The van der Waals surface area contributed by atoms with E-state index in [1.54, 1.807) is 32.9 Å². The number of ether oxygens (including phenoxy) is 1. The molecule has 0 aliphatic rings. The largest absolute Gasteiger partial charge is 0.492 e. The third kappa shape index (κ3) is 3.99. The number of benzene rings is 1. The summed E-state index contributed by atoms with van der Waals surface area (Å²) in [6.07, 6.45) is 0. The van der Waals surface area contributed by atoms with Crippen LogP contribution in [0.15, 0.2) is 23.1 Å². The average molecular weight is 271 g/mol. The smallest absolute Gasteiger partial charge is 0.244 e. The summed E-state index contributed by atoms with van der Waals surface area (Å²) in [6, 6.07) is 5.15. The fraction of sp³-hybridized carbons (Fsp3) is 0.538. The Bertz CT molecular complexity index is 516. The van der Waals surface area contributed by atoms with Crippen LogP contribution in [0, 0.1) is 6.92 Å². The Balaban J connectivity index is 3.26. The fourth-order valence-electron chi connectivity index (χ4n) is 1.56. The second-order valence-electron chi connectivity index (χ2n) is 5.24. The molecule has 102 valence electrons. The van der Waals surface area contributed by atoms with E-state index in [-0.39, 0.29) is 4.90 Å². The lowest BCUT2D eigenvalue weighted by Crippen LogP contribution is -2.40. The molecular weight excluding hydrogens is 250 g/mol. The highest BCUT2D eigenvalue weighted by Crippen LogP contribution is 2.26. The lowest BCUT2D eigenvalue weighted by atomic mass is 10.1. The van der Waals surface area contributed by atoms with Gasteiger partial charge in [-0.25, -0.2) is 13.1 Å². The summed E-state index contributed by atoms with van der Waals surface area (Å²) in [7, 11) is -3.57. The second kappa shape index (κ2) is 5.28. The Morgan fingerprint density at radius 3 is 2.39 bits per heavy atom. The summed E-state index contributed by atoms with van der Waals surface area (Å²) in [5, 5.41) is 0. The van der Waals surface area contributed by atoms with Gasteiger partial charge in [0.25, 0.3) is 0 Å². The highest BCUT2D eigenvalue weighted by Gasteiger charge is 2.25. The van der Waals surface area contributed by atoms with Gasteiger partial charge in [-0.1, -0.05) is 6.07 Å². The van der Waals surface area contributed by atoms with Crippen molar-refractivity contribution >= 4 is 10.0 Å². The molecule has 18 heavy (non-hydrogen) atoms. The molecule has 0 atom stereocenters. The second-order valence-corrected chi connectivity index (χ2v) is 6.89. The van der Waals surface area contributed by atoms with Crippen LogP contribution in [0.25, 0.3) is 0 Å². The molecular formula is C13H21NO3S. The van der Waals surface area contributed by atoms with Crippen LogP contribution >= 0.6 is 0 Å². The van der Waals surface area contributed by atoms with Crippen LogP contribution in [0.3, 0.4) is 0 Å². The maximum Gasteiger partial charge on any atom is 0.244 e. The quantitative estimate of drug-likeness (QED) is 0.915. The van der Waals surface area contributed by atoms with E-state index in [0.717, 1.165) is 5.56 Å². The lowest BCUT2D eigenvalue weighted by molar-refractivity contribution is 0.330. The van der Waals surface area contributed by atoms with E-state index in [1.807, 2.05) is 19.9 Å². The minimum absolute atomic E-state index is 0.194. The lowest BCUT2D eigenvalue weighted by Gasteiger charge is -2.21. The monoisotopic (exact) mass is 271 g/mol. The zero-order chi connectivity index (χ0) is 14.0. The maximum absolute atomic E-state index is 12.3. The highest BCUT2D eigenvalue weighted by atomic mass is 32.2. The molecule has 0 radical (unpaired) electrons. The van der Waals surface area contributed by atoms with Crippen LogP contribution in [0.5, 0.6) is 5.75 Å². The van der Waals surface area contributed by atoms with Crippen molar-refractivity contribution in [2.75, 3.05) is 6.61 Å². The summed E-state index contributed by atoms with van der Waals surface area (Å²) < 4.78 is 32.6. The summed E-state index contributed by atoms with van der Waals surface area (Å²) in [6.45, 7) is 9.53. The van der Waals surface area contributed by atoms with Crippen molar-refractivity contribution < 1.29 is 13.2 Å². The van der Waals surface area contributed by atoms with Gasteiger partial charge in [-0.2, -0.15) is 0 Å². The zero-order valence-electron chi connectivity index (χ0n) is 11.6. The first-order valence-electron chi connectivity index (χ1n) is 5.93. The number of aryl methyl sites for hydroxylation is 1. The molecule has 0 saturated carbocycles. The Morgan fingerprint density at radius 2 is 1.89 bits per heavy atom. The van der Waals surface area contributed by atoms with Gasteiger partial charge in [-0.3, -0.25) is 0 Å². The van der Waals surface area contributed by atoms with E-state index in [1.165, 1.54) is 0 Å². The predicted octanol–water partition coefficient (Wildman–Crippen LogP) is 2.47. The molecule has 1 aromatic carbocycles. The van der Waals surface area contributed by atoms with Crippen molar-refractivity contribution in [3.63, 3.8) is 0 Å². The topological polar surface area (TPSA) is 55.4 Å². The summed E-state index contributed by atoms with van der Waals surface area (Å²) >= 11 is 0. The van der Waals surface area contributed by atoms with E-state index in [2.05, 4.69) is 4.72 Å². The van der Waals surface area contributed by atoms with E-state index in [9.17, 15) is 8.42 Å². The first-order chi connectivity index (χ1) is 8.15. The number of hydrogen-bond acceptors (Lipinski definition) is 3. The average Bonchev–Trinajstić information content (AvgIpc) is 2.17. The van der Waals surface area contributed by atoms with Crippen LogP contribution in [-0.4, -0.2) is 20.6 Å². The van der Waals surface area contributed by atoms with Crippen molar-refractivity contribution in [2.24, 2.45) is 0 Å². The molecule has 5 heteroatoms. The number of sulfonamides is 1. The molecule has 0 aliphatic carbocycles. The fourth-order valence-corrected chi connectivity index (χ4v) is 3.21. The predicted molar refractivity (Wildman–Crippen MR) is 72.4 cm³/mol. The molecule has 1 rings (SSSR count). The van der Waals surface area contributed by atoms with Crippen molar-refractivity contribution in [1.82, 2.24) is 4.72 Å². The standard InChI is InChI=1S/C13H21NO3S/c1-6-17-11-8-7-10(2)9-12(11)18(15,16)14-13(3,4)5/h7-9,14H,6H2,1-5H3. The normalized spacial score (nSPS) is 12.5. The molecule has 0 spiro atoms.